The molecule has 1 aliphatic heterocycles. The molecule has 1 heterocycles. The van der Waals surface area contributed by atoms with Gasteiger partial charge in [0.15, 0.2) is 0 Å². The molecule has 1 aromatic rings. The van der Waals surface area contributed by atoms with E-state index in [4.69, 9.17) is 10.5 Å². The number of alkyl halides is 3. The Morgan fingerprint density at radius 2 is 1.88 bits per heavy atom. The van der Waals surface area contributed by atoms with Crippen molar-refractivity contribution in [3.63, 3.8) is 0 Å². The molecule has 0 aliphatic carbocycles. The molecule has 1 saturated heterocycles. The summed E-state index contributed by atoms with van der Waals surface area (Å²) in [7, 11) is 0. The van der Waals surface area contributed by atoms with Crippen molar-refractivity contribution in [3.8, 4) is 0 Å². The number of amides is 1. The van der Waals surface area contributed by atoms with E-state index < -0.39 is 24.4 Å². The Bertz CT molecular complexity index is 529. The van der Waals surface area contributed by atoms with Gasteiger partial charge < -0.3 is 15.4 Å². The van der Waals surface area contributed by atoms with Gasteiger partial charge in [-0.15, -0.1) is 0 Å². The molecule has 7 heteroatoms. The standard InChI is InChI=1S/C18H25F3N2O2/c19-18(20,21)16(14-5-2-1-3-6-14)13-17(24)23-10-7-15(8-11-23)25-12-4-9-22/h1-3,5-6,15-16H,4,7-13,22H2. The van der Waals surface area contributed by atoms with Crippen LogP contribution in [0.4, 0.5) is 13.2 Å². The molecule has 2 rings (SSSR count). The van der Waals surface area contributed by atoms with Crippen LogP contribution in [0.2, 0.25) is 0 Å². The molecule has 0 spiro atoms. The third-order valence-electron chi connectivity index (χ3n) is 4.47. The smallest absolute Gasteiger partial charge is 0.378 e. The fourth-order valence-electron chi connectivity index (χ4n) is 3.02. The summed E-state index contributed by atoms with van der Waals surface area (Å²) < 4.78 is 45.8. The number of nitrogens with zero attached hydrogens (tertiary/aromatic N) is 1. The van der Waals surface area contributed by atoms with E-state index in [9.17, 15) is 18.0 Å². The second-order valence-electron chi connectivity index (χ2n) is 6.30. The van der Waals surface area contributed by atoms with E-state index in [1.165, 1.54) is 17.0 Å². The van der Waals surface area contributed by atoms with Crippen LogP contribution in [0, 0.1) is 0 Å². The first-order valence-corrected chi connectivity index (χ1v) is 8.63. The quantitative estimate of drug-likeness (QED) is 0.762. The first-order chi connectivity index (χ1) is 11.9. The number of ether oxygens (including phenoxy) is 1. The molecular weight excluding hydrogens is 333 g/mol. The Balaban J connectivity index is 1.90. The number of hydrogen-bond acceptors (Lipinski definition) is 3. The van der Waals surface area contributed by atoms with Gasteiger partial charge in [-0.2, -0.15) is 13.2 Å². The van der Waals surface area contributed by atoms with Crippen molar-refractivity contribution in [2.24, 2.45) is 5.73 Å². The minimum atomic E-state index is -4.44. The molecule has 140 valence electrons. The number of nitrogens with two attached hydrogens (primary N) is 1. The lowest BCUT2D eigenvalue weighted by Crippen LogP contribution is -2.42. The molecule has 1 unspecified atom stereocenters. The highest BCUT2D eigenvalue weighted by atomic mass is 19.4. The highest BCUT2D eigenvalue weighted by molar-refractivity contribution is 5.77. The van der Waals surface area contributed by atoms with Gasteiger partial charge in [0.05, 0.1) is 12.0 Å². The lowest BCUT2D eigenvalue weighted by atomic mass is 9.94. The van der Waals surface area contributed by atoms with Crippen molar-refractivity contribution in [1.29, 1.82) is 0 Å². The van der Waals surface area contributed by atoms with Crippen LogP contribution in [0.5, 0.6) is 0 Å². The highest BCUT2D eigenvalue weighted by Crippen LogP contribution is 2.37. The minimum Gasteiger partial charge on any atom is -0.378 e. The number of hydrogen-bond donors (Lipinski definition) is 1. The molecule has 1 fully saturated rings. The van der Waals surface area contributed by atoms with Gasteiger partial charge in [0, 0.05) is 26.1 Å². The molecule has 1 aliphatic rings. The number of likely N-dealkylation sites (tertiary alicyclic amines) is 1. The summed E-state index contributed by atoms with van der Waals surface area (Å²) in [4.78, 5) is 13.9. The maximum atomic E-state index is 13.4. The van der Waals surface area contributed by atoms with Crippen LogP contribution in [0.15, 0.2) is 30.3 Å². The number of carbonyl (C=O) groups excluding carboxylic acids is 1. The average molecular weight is 358 g/mol. The lowest BCUT2D eigenvalue weighted by Gasteiger charge is -2.33. The van der Waals surface area contributed by atoms with E-state index in [0.717, 1.165) is 6.42 Å². The maximum absolute atomic E-state index is 13.4. The van der Waals surface area contributed by atoms with Gasteiger partial charge >= 0.3 is 6.18 Å². The summed E-state index contributed by atoms with van der Waals surface area (Å²) in [6.07, 6.45) is -2.85. The van der Waals surface area contributed by atoms with Crippen LogP contribution in [-0.4, -0.2) is 49.3 Å². The molecule has 0 aromatic heterocycles. The van der Waals surface area contributed by atoms with Crippen LogP contribution in [-0.2, 0) is 9.53 Å². The Hall–Kier alpha value is -1.60. The third kappa shape index (κ3) is 6.01. The largest absolute Gasteiger partial charge is 0.396 e. The van der Waals surface area contributed by atoms with E-state index in [0.29, 0.717) is 39.1 Å². The Kier molecular flexibility index (Phi) is 7.25. The molecule has 0 bridgehead atoms. The number of piperidine rings is 1. The molecule has 0 radical (unpaired) electrons. The van der Waals surface area contributed by atoms with Gasteiger partial charge in [-0.1, -0.05) is 30.3 Å². The predicted octanol–water partition coefficient (Wildman–Crippen LogP) is 3.08. The van der Waals surface area contributed by atoms with Gasteiger partial charge in [-0.05, 0) is 31.4 Å². The van der Waals surface area contributed by atoms with E-state index >= 15 is 0 Å². The molecule has 1 amide bonds. The summed E-state index contributed by atoms with van der Waals surface area (Å²) >= 11 is 0. The Morgan fingerprint density at radius 3 is 2.44 bits per heavy atom. The topological polar surface area (TPSA) is 55.6 Å². The summed E-state index contributed by atoms with van der Waals surface area (Å²) in [6.45, 7) is 2.02. The first kappa shape index (κ1) is 19.7. The second kappa shape index (κ2) is 9.20. The van der Waals surface area contributed by atoms with Gasteiger partial charge in [-0.3, -0.25) is 4.79 Å². The average Bonchev–Trinajstić information content (AvgIpc) is 2.60. The van der Waals surface area contributed by atoms with Crippen molar-refractivity contribution in [2.75, 3.05) is 26.2 Å². The molecule has 4 nitrogen and oxygen atoms in total. The van der Waals surface area contributed by atoms with Crippen molar-refractivity contribution in [2.45, 2.75) is 43.9 Å². The van der Waals surface area contributed by atoms with Crippen molar-refractivity contribution < 1.29 is 22.7 Å². The first-order valence-electron chi connectivity index (χ1n) is 8.63. The van der Waals surface area contributed by atoms with Crippen LogP contribution in [0.25, 0.3) is 0 Å². The second-order valence-corrected chi connectivity index (χ2v) is 6.30. The van der Waals surface area contributed by atoms with Gasteiger partial charge in [0.2, 0.25) is 5.91 Å². The zero-order valence-electron chi connectivity index (χ0n) is 14.2. The molecule has 1 atom stereocenters. The van der Waals surface area contributed by atoms with Gasteiger partial charge in [0.25, 0.3) is 0 Å². The Labute approximate surface area is 146 Å². The van der Waals surface area contributed by atoms with Crippen molar-refractivity contribution >= 4 is 5.91 Å². The van der Waals surface area contributed by atoms with E-state index in [1.807, 2.05) is 0 Å². The molecule has 2 N–H and O–H groups in total. The highest BCUT2D eigenvalue weighted by Gasteiger charge is 2.42. The Morgan fingerprint density at radius 1 is 1.24 bits per heavy atom. The van der Waals surface area contributed by atoms with Crippen LogP contribution in [0.1, 0.15) is 37.2 Å². The monoisotopic (exact) mass is 358 g/mol. The SMILES string of the molecule is NCCCOC1CCN(C(=O)CC(c2ccccc2)C(F)(F)F)CC1. The lowest BCUT2D eigenvalue weighted by molar-refractivity contribution is -0.161. The molecule has 0 saturated carbocycles. The minimum absolute atomic E-state index is 0.0585. The predicted molar refractivity (Wildman–Crippen MR) is 89.1 cm³/mol. The van der Waals surface area contributed by atoms with Crippen molar-refractivity contribution in [3.05, 3.63) is 35.9 Å². The number of carbonyl (C=O) groups is 1. The normalized spacial score (nSPS) is 17.5. The number of rotatable bonds is 7. The van der Waals surface area contributed by atoms with E-state index in [1.54, 1.807) is 18.2 Å². The van der Waals surface area contributed by atoms with Gasteiger partial charge in [-0.25, -0.2) is 0 Å². The zero-order valence-corrected chi connectivity index (χ0v) is 14.2. The molecule has 25 heavy (non-hydrogen) atoms. The summed E-state index contributed by atoms with van der Waals surface area (Å²) in [5.41, 5.74) is 5.54. The van der Waals surface area contributed by atoms with Crippen LogP contribution in [0.3, 0.4) is 0 Å². The molecule has 1 aromatic carbocycles. The molecular formula is C18H25F3N2O2. The van der Waals surface area contributed by atoms with Crippen molar-refractivity contribution in [1.82, 2.24) is 4.90 Å². The summed E-state index contributed by atoms with van der Waals surface area (Å²) in [5, 5.41) is 0. The van der Waals surface area contributed by atoms with E-state index in [2.05, 4.69) is 0 Å². The maximum Gasteiger partial charge on any atom is 0.396 e. The number of benzene rings is 1. The zero-order chi connectivity index (χ0) is 18.3. The van der Waals surface area contributed by atoms with E-state index in [-0.39, 0.29) is 11.7 Å². The summed E-state index contributed by atoms with van der Waals surface area (Å²) in [5.74, 6) is -2.22. The summed E-state index contributed by atoms with van der Waals surface area (Å²) in [6, 6.07) is 7.62. The number of halogens is 3. The van der Waals surface area contributed by atoms with Crippen LogP contribution < -0.4 is 5.73 Å². The fraction of sp³-hybridized carbons (Fsp3) is 0.611. The van der Waals surface area contributed by atoms with Crippen LogP contribution >= 0.6 is 0 Å². The third-order valence-corrected chi connectivity index (χ3v) is 4.47. The fourth-order valence-corrected chi connectivity index (χ4v) is 3.02. The van der Waals surface area contributed by atoms with Gasteiger partial charge in [0.1, 0.15) is 0 Å².